The van der Waals surface area contributed by atoms with Crippen molar-refractivity contribution in [1.29, 1.82) is 0 Å². The number of hydrogen-bond acceptors (Lipinski definition) is 5. The van der Waals surface area contributed by atoms with Crippen molar-refractivity contribution in [3.05, 3.63) is 140 Å². The van der Waals surface area contributed by atoms with Crippen LogP contribution in [0.3, 0.4) is 0 Å². The second-order valence-electron chi connectivity index (χ2n) is 9.49. The summed E-state index contributed by atoms with van der Waals surface area (Å²) in [5, 5.41) is 2.39. The molecule has 7 rings (SSSR count). The van der Waals surface area contributed by atoms with Crippen LogP contribution in [0.15, 0.2) is 140 Å². The molecule has 0 bridgehead atoms. The highest BCUT2D eigenvalue weighted by Gasteiger charge is 2.15. The van der Waals surface area contributed by atoms with Crippen LogP contribution in [0.5, 0.6) is 0 Å². The highest BCUT2D eigenvalue weighted by atomic mass is 15.0. The molecule has 5 heteroatoms. The first kappa shape index (κ1) is 23.6. The summed E-state index contributed by atoms with van der Waals surface area (Å²) < 4.78 is 0. The number of fused-ring (bicyclic) bond motifs is 1. The minimum absolute atomic E-state index is 0.602. The van der Waals surface area contributed by atoms with Crippen molar-refractivity contribution in [1.82, 2.24) is 24.9 Å². The van der Waals surface area contributed by atoms with Gasteiger partial charge in [0.15, 0.2) is 17.5 Å². The second kappa shape index (κ2) is 10.3. The van der Waals surface area contributed by atoms with Crippen LogP contribution in [0.2, 0.25) is 0 Å². The molecule has 0 N–H and O–H groups in total. The summed E-state index contributed by atoms with van der Waals surface area (Å²) >= 11 is 0. The van der Waals surface area contributed by atoms with Crippen molar-refractivity contribution in [2.75, 3.05) is 0 Å². The molecular weight excluding hydrogens is 490 g/mol. The molecule has 40 heavy (non-hydrogen) atoms. The minimum Gasteiger partial charge on any atom is -0.245 e. The van der Waals surface area contributed by atoms with E-state index in [2.05, 4.69) is 70.6 Å². The standard InChI is InChI=1S/C35H23N5/c1-3-10-25(11-4-1)33-38-34(26-12-5-2-6-13-26)40-35(39-33)31-21-29(20-30(22-31)32-17-18-36-23-37-32)28-16-15-24-9-7-8-14-27(24)19-28/h1-23H. The van der Waals surface area contributed by atoms with Gasteiger partial charge in [-0.3, -0.25) is 0 Å². The lowest BCUT2D eigenvalue weighted by atomic mass is 9.96. The van der Waals surface area contributed by atoms with Gasteiger partial charge in [-0.05, 0) is 52.2 Å². The Kier molecular flexibility index (Phi) is 6.07. The maximum absolute atomic E-state index is 4.96. The molecule has 0 saturated carbocycles. The molecule has 0 amide bonds. The number of nitrogens with zero attached hydrogens (tertiary/aromatic N) is 5. The van der Waals surface area contributed by atoms with Gasteiger partial charge in [0.25, 0.3) is 0 Å². The zero-order valence-corrected chi connectivity index (χ0v) is 21.5. The second-order valence-corrected chi connectivity index (χ2v) is 9.49. The average molecular weight is 514 g/mol. The number of benzene rings is 5. The van der Waals surface area contributed by atoms with Gasteiger partial charge in [-0.25, -0.2) is 24.9 Å². The fourth-order valence-corrected chi connectivity index (χ4v) is 4.84. The molecule has 0 saturated heterocycles. The van der Waals surface area contributed by atoms with E-state index in [1.165, 1.54) is 10.8 Å². The molecule has 5 nitrogen and oxygen atoms in total. The fourth-order valence-electron chi connectivity index (χ4n) is 4.84. The molecule has 0 fully saturated rings. The van der Waals surface area contributed by atoms with Crippen molar-refractivity contribution in [2.45, 2.75) is 0 Å². The molecule has 2 heterocycles. The lowest BCUT2D eigenvalue weighted by Crippen LogP contribution is -2.00. The van der Waals surface area contributed by atoms with Crippen LogP contribution in [0.25, 0.3) is 67.3 Å². The molecule has 7 aromatic rings. The third-order valence-corrected chi connectivity index (χ3v) is 6.85. The van der Waals surface area contributed by atoms with E-state index in [1.54, 1.807) is 12.5 Å². The topological polar surface area (TPSA) is 64.5 Å². The van der Waals surface area contributed by atoms with Gasteiger partial charge < -0.3 is 0 Å². The first-order chi connectivity index (χ1) is 19.8. The summed E-state index contributed by atoms with van der Waals surface area (Å²) in [6.45, 7) is 0. The van der Waals surface area contributed by atoms with Crippen LogP contribution in [0.1, 0.15) is 0 Å². The average Bonchev–Trinajstić information content (AvgIpc) is 3.05. The predicted molar refractivity (Wildman–Crippen MR) is 160 cm³/mol. The van der Waals surface area contributed by atoms with Crippen LogP contribution in [0, 0.1) is 0 Å². The highest BCUT2D eigenvalue weighted by molar-refractivity contribution is 5.89. The van der Waals surface area contributed by atoms with E-state index in [0.717, 1.165) is 39.1 Å². The Labute approximate surface area is 231 Å². The summed E-state index contributed by atoms with van der Waals surface area (Å²) in [7, 11) is 0. The molecular formula is C35H23N5. The lowest BCUT2D eigenvalue weighted by Gasteiger charge is -2.12. The Morgan fingerprint density at radius 1 is 0.375 bits per heavy atom. The van der Waals surface area contributed by atoms with Crippen molar-refractivity contribution >= 4 is 10.8 Å². The molecule has 188 valence electrons. The van der Waals surface area contributed by atoms with Gasteiger partial charge in [0.1, 0.15) is 6.33 Å². The van der Waals surface area contributed by atoms with E-state index < -0.39 is 0 Å². The molecule has 0 aliphatic carbocycles. The number of rotatable bonds is 5. The Morgan fingerprint density at radius 2 is 0.950 bits per heavy atom. The molecule has 0 spiro atoms. The van der Waals surface area contributed by atoms with E-state index in [-0.39, 0.29) is 0 Å². The van der Waals surface area contributed by atoms with Gasteiger partial charge in [0.05, 0.1) is 5.69 Å². The van der Waals surface area contributed by atoms with E-state index in [4.69, 9.17) is 15.0 Å². The predicted octanol–water partition coefficient (Wildman–Crippen LogP) is 8.15. The summed E-state index contributed by atoms with van der Waals surface area (Å²) in [6, 6.07) is 43.3. The summed E-state index contributed by atoms with van der Waals surface area (Å²) in [4.78, 5) is 23.4. The van der Waals surface area contributed by atoms with Gasteiger partial charge >= 0.3 is 0 Å². The normalized spacial score (nSPS) is 11.0. The molecule has 0 unspecified atom stereocenters. The first-order valence-corrected chi connectivity index (χ1v) is 13.1. The molecule has 0 aliphatic rings. The van der Waals surface area contributed by atoms with E-state index >= 15 is 0 Å². The van der Waals surface area contributed by atoms with Crippen LogP contribution >= 0.6 is 0 Å². The van der Waals surface area contributed by atoms with E-state index in [9.17, 15) is 0 Å². The maximum atomic E-state index is 4.96. The lowest BCUT2D eigenvalue weighted by molar-refractivity contribution is 1.07. The zero-order valence-electron chi connectivity index (χ0n) is 21.5. The maximum Gasteiger partial charge on any atom is 0.164 e. The van der Waals surface area contributed by atoms with Crippen LogP contribution in [0.4, 0.5) is 0 Å². The van der Waals surface area contributed by atoms with Gasteiger partial charge in [0, 0.05) is 28.5 Å². The molecule has 0 radical (unpaired) electrons. The molecule has 5 aromatic carbocycles. The van der Waals surface area contributed by atoms with E-state index in [1.807, 2.05) is 66.7 Å². The Morgan fingerprint density at radius 3 is 1.60 bits per heavy atom. The number of aromatic nitrogens is 5. The van der Waals surface area contributed by atoms with Crippen molar-refractivity contribution < 1.29 is 0 Å². The Hall–Kier alpha value is -5.55. The van der Waals surface area contributed by atoms with Crippen LogP contribution in [-0.4, -0.2) is 24.9 Å². The summed E-state index contributed by atoms with van der Waals surface area (Å²) in [5.74, 6) is 1.86. The van der Waals surface area contributed by atoms with Crippen molar-refractivity contribution in [3.63, 3.8) is 0 Å². The Bertz CT molecular complexity index is 1880. The van der Waals surface area contributed by atoms with E-state index in [0.29, 0.717) is 17.5 Å². The monoisotopic (exact) mass is 513 g/mol. The molecule has 2 aromatic heterocycles. The zero-order chi connectivity index (χ0) is 26.7. The minimum atomic E-state index is 0.602. The molecule has 0 aliphatic heterocycles. The highest BCUT2D eigenvalue weighted by Crippen LogP contribution is 2.33. The van der Waals surface area contributed by atoms with Gasteiger partial charge in [0.2, 0.25) is 0 Å². The van der Waals surface area contributed by atoms with Crippen molar-refractivity contribution in [3.8, 4) is 56.5 Å². The third-order valence-electron chi connectivity index (χ3n) is 6.85. The van der Waals surface area contributed by atoms with Crippen LogP contribution < -0.4 is 0 Å². The number of hydrogen-bond donors (Lipinski definition) is 0. The largest absolute Gasteiger partial charge is 0.245 e. The first-order valence-electron chi connectivity index (χ1n) is 13.1. The SMILES string of the molecule is c1ccc(-c2nc(-c3ccccc3)nc(-c3cc(-c4ccc5ccccc5c4)cc(-c4ccncn4)c3)n2)cc1. The Balaban J connectivity index is 1.45. The van der Waals surface area contributed by atoms with Gasteiger partial charge in [-0.2, -0.15) is 0 Å². The summed E-state index contributed by atoms with van der Waals surface area (Å²) in [5.41, 5.74) is 6.72. The summed E-state index contributed by atoms with van der Waals surface area (Å²) in [6.07, 6.45) is 3.33. The van der Waals surface area contributed by atoms with Crippen molar-refractivity contribution in [2.24, 2.45) is 0 Å². The fraction of sp³-hybridized carbons (Fsp3) is 0. The smallest absolute Gasteiger partial charge is 0.164 e. The molecule has 0 atom stereocenters. The third kappa shape index (κ3) is 4.72. The van der Waals surface area contributed by atoms with Gasteiger partial charge in [-0.1, -0.05) is 97.1 Å². The quantitative estimate of drug-likeness (QED) is 0.232. The van der Waals surface area contributed by atoms with Crippen LogP contribution in [-0.2, 0) is 0 Å². The van der Waals surface area contributed by atoms with Gasteiger partial charge in [-0.15, -0.1) is 0 Å².